The van der Waals surface area contributed by atoms with Gasteiger partial charge in [-0.25, -0.2) is 4.98 Å². The number of aromatic amines is 1. The fourth-order valence-electron chi connectivity index (χ4n) is 3.74. The number of amides is 1. The van der Waals surface area contributed by atoms with Gasteiger partial charge in [-0.2, -0.15) is 5.10 Å². The summed E-state index contributed by atoms with van der Waals surface area (Å²) in [4.78, 5) is 18.8. The molecule has 0 saturated carbocycles. The highest BCUT2D eigenvalue weighted by molar-refractivity contribution is 5.78. The highest BCUT2D eigenvalue weighted by Gasteiger charge is 2.26. The van der Waals surface area contributed by atoms with E-state index in [-0.39, 0.29) is 11.8 Å². The zero-order valence-corrected chi connectivity index (χ0v) is 15.8. The second-order valence-electron chi connectivity index (χ2n) is 7.48. The summed E-state index contributed by atoms with van der Waals surface area (Å²) in [5, 5.41) is 6.87. The van der Waals surface area contributed by atoms with Gasteiger partial charge in [0.05, 0.1) is 0 Å². The Kier molecular flexibility index (Phi) is 4.83. The van der Waals surface area contributed by atoms with Gasteiger partial charge in [-0.05, 0) is 37.0 Å². The molecule has 1 atom stereocenters. The van der Waals surface area contributed by atoms with Crippen molar-refractivity contribution in [1.82, 2.24) is 24.6 Å². The molecule has 7 heteroatoms. The lowest BCUT2D eigenvalue weighted by Crippen LogP contribution is -2.42. The number of aromatic nitrogens is 4. The van der Waals surface area contributed by atoms with Gasteiger partial charge in [0.15, 0.2) is 17.3 Å². The van der Waals surface area contributed by atoms with Crippen molar-refractivity contribution in [2.45, 2.75) is 33.2 Å². The van der Waals surface area contributed by atoms with Crippen molar-refractivity contribution in [3.8, 4) is 23.0 Å². The first-order valence-corrected chi connectivity index (χ1v) is 9.51. The van der Waals surface area contributed by atoms with Gasteiger partial charge in [0, 0.05) is 44.1 Å². The summed E-state index contributed by atoms with van der Waals surface area (Å²) in [5.41, 5.74) is 0.842. The predicted molar refractivity (Wildman–Crippen MR) is 102 cm³/mol. The number of carbonyl (C=O) groups is 1. The van der Waals surface area contributed by atoms with Gasteiger partial charge < -0.3 is 13.9 Å². The Hall–Kier alpha value is -2.83. The van der Waals surface area contributed by atoms with E-state index < -0.39 is 0 Å². The van der Waals surface area contributed by atoms with E-state index in [0.29, 0.717) is 5.92 Å². The van der Waals surface area contributed by atoms with Crippen molar-refractivity contribution in [3.05, 3.63) is 36.8 Å². The molecule has 3 aromatic rings. The highest BCUT2D eigenvalue weighted by Crippen LogP contribution is 2.28. The van der Waals surface area contributed by atoms with Gasteiger partial charge in [0.25, 0.3) is 0 Å². The molecule has 0 aromatic carbocycles. The van der Waals surface area contributed by atoms with Gasteiger partial charge in [-0.15, -0.1) is 0 Å². The molecule has 27 heavy (non-hydrogen) atoms. The lowest BCUT2D eigenvalue weighted by molar-refractivity contribution is -0.136. The summed E-state index contributed by atoms with van der Waals surface area (Å²) < 4.78 is 8.10. The molecule has 0 aliphatic carbocycles. The number of likely N-dealkylation sites (tertiary alicyclic amines) is 1. The van der Waals surface area contributed by atoms with Gasteiger partial charge in [-0.1, -0.05) is 13.8 Å². The van der Waals surface area contributed by atoms with Crippen molar-refractivity contribution < 1.29 is 9.21 Å². The average molecular weight is 367 g/mol. The van der Waals surface area contributed by atoms with Crippen molar-refractivity contribution >= 4 is 5.91 Å². The summed E-state index contributed by atoms with van der Waals surface area (Å²) in [7, 11) is 0. The second-order valence-corrected chi connectivity index (χ2v) is 7.48. The molecule has 1 amide bonds. The monoisotopic (exact) mass is 367 g/mol. The fraction of sp³-hybridized carbons (Fsp3) is 0.450. The van der Waals surface area contributed by atoms with E-state index in [1.807, 2.05) is 43.1 Å². The van der Waals surface area contributed by atoms with Gasteiger partial charge in [0.1, 0.15) is 5.69 Å². The summed E-state index contributed by atoms with van der Waals surface area (Å²) in [6.07, 6.45) is 7.66. The Morgan fingerprint density at radius 1 is 1.30 bits per heavy atom. The van der Waals surface area contributed by atoms with Crippen LogP contribution in [0.1, 0.15) is 26.7 Å². The molecule has 4 rings (SSSR count). The third-order valence-electron chi connectivity index (χ3n) is 5.09. The average Bonchev–Trinajstić information content (AvgIpc) is 3.41. The molecule has 1 aliphatic heterocycles. The molecule has 0 unspecified atom stereocenters. The SMILES string of the molecule is CC(C)C(=O)N1CCC[C@@H](Cn2ccnc2-c2ccc(-c3ccn[nH]3)o2)C1. The second kappa shape index (κ2) is 7.42. The molecule has 1 saturated heterocycles. The van der Waals surface area contributed by atoms with E-state index in [2.05, 4.69) is 19.7 Å². The van der Waals surface area contributed by atoms with Crippen LogP contribution < -0.4 is 0 Å². The molecule has 1 aliphatic rings. The molecular formula is C20H25N5O2. The summed E-state index contributed by atoms with van der Waals surface area (Å²) in [6.45, 7) is 6.45. The number of furan rings is 1. The third-order valence-corrected chi connectivity index (χ3v) is 5.09. The lowest BCUT2D eigenvalue weighted by Gasteiger charge is -2.34. The topological polar surface area (TPSA) is 80.0 Å². The van der Waals surface area contributed by atoms with E-state index in [0.717, 1.165) is 55.5 Å². The summed E-state index contributed by atoms with van der Waals surface area (Å²) >= 11 is 0. The van der Waals surface area contributed by atoms with Crippen molar-refractivity contribution in [1.29, 1.82) is 0 Å². The number of imidazole rings is 1. The van der Waals surface area contributed by atoms with Crippen LogP contribution in [0.15, 0.2) is 41.2 Å². The molecule has 0 radical (unpaired) electrons. The molecule has 1 fully saturated rings. The van der Waals surface area contributed by atoms with E-state index in [9.17, 15) is 4.79 Å². The van der Waals surface area contributed by atoms with Crippen LogP contribution in [-0.2, 0) is 11.3 Å². The molecular weight excluding hydrogens is 342 g/mol. The summed E-state index contributed by atoms with van der Waals surface area (Å²) in [5.74, 6) is 3.01. The van der Waals surface area contributed by atoms with Crippen LogP contribution in [0.4, 0.5) is 0 Å². The quantitative estimate of drug-likeness (QED) is 0.749. The molecule has 3 aromatic heterocycles. The number of nitrogens with one attached hydrogen (secondary N) is 1. The van der Waals surface area contributed by atoms with Gasteiger partial charge in [0.2, 0.25) is 5.91 Å². The Balaban J connectivity index is 1.49. The first-order valence-electron chi connectivity index (χ1n) is 9.51. The Morgan fingerprint density at radius 2 is 2.15 bits per heavy atom. The zero-order chi connectivity index (χ0) is 18.8. The number of hydrogen-bond donors (Lipinski definition) is 1. The maximum absolute atomic E-state index is 12.3. The van der Waals surface area contributed by atoms with Gasteiger partial charge >= 0.3 is 0 Å². The lowest BCUT2D eigenvalue weighted by atomic mass is 9.96. The fourth-order valence-corrected chi connectivity index (χ4v) is 3.74. The highest BCUT2D eigenvalue weighted by atomic mass is 16.3. The van der Waals surface area contributed by atoms with Crippen LogP contribution in [0.3, 0.4) is 0 Å². The first-order chi connectivity index (χ1) is 13.1. The molecule has 7 nitrogen and oxygen atoms in total. The largest absolute Gasteiger partial charge is 0.451 e. The zero-order valence-electron chi connectivity index (χ0n) is 15.8. The Morgan fingerprint density at radius 3 is 2.93 bits per heavy atom. The first kappa shape index (κ1) is 17.6. The minimum absolute atomic E-state index is 0.0524. The van der Waals surface area contributed by atoms with Crippen LogP contribution in [0, 0.1) is 11.8 Å². The van der Waals surface area contributed by atoms with Crippen LogP contribution in [0.2, 0.25) is 0 Å². The van der Waals surface area contributed by atoms with Crippen LogP contribution in [-0.4, -0.2) is 43.6 Å². The summed E-state index contributed by atoms with van der Waals surface area (Å²) in [6, 6.07) is 5.73. The number of piperidine rings is 1. The Bertz CT molecular complexity index is 893. The van der Waals surface area contributed by atoms with E-state index >= 15 is 0 Å². The van der Waals surface area contributed by atoms with Crippen LogP contribution in [0.5, 0.6) is 0 Å². The molecule has 4 heterocycles. The van der Waals surface area contributed by atoms with Crippen molar-refractivity contribution in [2.24, 2.45) is 11.8 Å². The number of carbonyl (C=O) groups excluding carboxylic acids is 1. The van der Waals surface area contributed by atoms with Crippen molar-refractivity contribution in [3.63, 3.8) is 0 Å². The minimum Gasteiger partial charge on any atom is -0.451 e. The van der Waals surface area contributed by atoms with E-state index in [1.54, 1.807) is 12.4 Å². The molecule has 142 valence electrons. The number of nitrogens with zero attached hydrogens (tertiary/aromatic N) is 4. The van der Waals surface area contributed by atoms with Crippen LogP contribution >= 0.6 is 0 Å². The maximum atomic E-state index is 12.3. The van der Waals surface area contributed by atoms with Crippen molar-refractivity contribution in [2.75, 3.05) is 13.1 Å². The standard InChI is InChI=1S/C20H25N5O2/c1-14(2)20(26)25-10-3-4-15(13-25)12-24-11-9-21-19(24)18-6-5-17(27-18)16-7-8-22-23-16/h5-9,11,14-15H,3-4,10,12-13H2,1-2H3,(H,22,23)/t15-/m0/s1. The number of H-pyrrole nitrogens is 1. The predicted octanol–water partition coefficient (Wildman–Crippen LogP) is 3.43. The smallest absolute Gasteiger partial charge is 0.225 e. The molecule has 0 bridgehead atoms. The molecule has 0 spiro atoms. The van der Waals surface area contributed by atoms with E-state index in [4.69, 9.17) is 4.42 Å². The van der Waals surface area contributed by atoms with Crippen LogP contribution in [0.25, 0.3) is 23.0 Å². The molecule has 1 N–H and O–H groups in total. The Labute approximate surface area is 158 Å². The normalized spacial score (nSPS) is 17.6. The van der Waals surface area contributed by atoms with Gasteiger partial charge in [-0.3, -0.25) is 9.89 Å². The number of hydrogen-bond acceptors (Lipinski definition) is 4. The number of rotatable bonds is 5. The van der Waals surface area contributed by atoms with E-state index in [1.165, 1.54) is 0 Å². The third kappa shape index (κ3) is 3.67. The maximum Gasteiger partial charge on any atom is 0.225 e. The minimum atomic E-state index is 0.0524.